The van der Waals surface area contributed by atoms with Crippen LogP contribution < -0.4 is 0 Å². The lowest BCUT2D eigenvalue weighted by Gasteiger charge is -2.10. The molecule has 114 valence electrons. The largest absolute Gasteiger partial charge is 0.507 e. The Kier molecular flexibility index (Phi) is 6.73. The lowest BCUT2D eigenvalue weighted by Crippen LogP contribution is -1.98. The smallest absolute Gasteiger partial charge is 0.128 e. The zero-order valence-corrected chi connectivity index (χ0v) is 13.2. The van der Waals surface area contributed by atoms with Crippen LogP contribution in [-0.2, 0) is 0 Å². The Morgan fingerprint density at radius 2 is 1.86 bits per heavy atom. The van der Waals surface area contributed by atoms with E-state index in [4.69, 9.17) is 0 Å². The number of rotatable bonds is 7. The summed E-state index contributed by atoms with van der Waals surface area (Å²) in [4.78, 5) is 4.52. The number of benzene rings is 1. The highest BCUT2D eigenvalue weighted by molar-refractivity contribution is 6.04. The van der Waals surface area contributed by atoms with Gasteiger partial charge in [-0.2, -0.15) is 0 Å². The van der Waals surface area contributed by atoms with E-state index in [1.807, 2.05) is 13.0 Å². The van der Waals surface area contributed by atoms with E-state index in [1.165, 1.54) is 12.8 Å². The van der Waals surface area contributed by atoms with Crippen LogP contribution in [0.2, 0.25) is 0 Å². The maximum absolute atomic E-state index is 9.88. The van der Waals surface area contributed by atoms with Crippen LogP contribution in [0.4, 0.5) is 0 Å². The molecular weight excluding hydrogens is 262 g/mol. The van der Waals surface area contributed by atoms with Gasteiger partial charge in [0, 0.05) is 0 Å². The fraction of sp³-hybridized carbons (Fsp3) is 0.389. The van der Waals surface area contributed by atoms with Gasteiger partial charge in [0.15, 0.2) is 0 Å². The van der Waals surface area contributed by atoms with Gasteiger partial charge in [-0.3, -0.25) is 4.99 Å². The molecule has 1 aromatic carbocycles. The third-order valence-corrected chi connectivity index (χ3v) is 3.39. The van der Waals surface area contributed by atoms with Gasteiger partial charge in [0.05, 0.1) is 17.0 Å². The van der Waals surface area contributed by atoms with Crippen molar-refractivity contribution in [1.82, 2.24) is 0 Å². The molecule has 3 heteroatoms. The van der Waals surface area contributed by atoms with Gasteiger partial charge in [-0.25, -0.2) is 0 Å². The summed E-state index contributed by atoms with van der Waals surface area (Å²) in [6, 6.07) is 4.68. The number of hydrogen-bond donors (Lipinski definition) is 2. The highest BCUT2D eigenvalue weighted by atomic mass is 16.3. The van der Waals surface area contributed by atoms with Gasteiger partial charge >= 0.3 is 0 Å². The van der Waals surface area contributed by atoms with Crippen molar-refractivity contribution in [2.45, 2.75) is 46.5 Å². The van der Waals surface area contributed by atoms with Crippen molar-refractivity contribution in [3.63, 3.8) is 0 Å². The van der Waals surface area contributed by atoms with Gasteiger partial charge < -0.3 is 10.2 Å². The number of phenols is 2. The molecule has 0 aromatic heterocycles. The van der Waals surface area contributed by atoms with E-state index in [0.29, 0.717) is 11.3 Å². The molecule has 3 nitrogen and oxygen atoms in total. The summed E-state index contributed by atoms with van der Waals surface area (Å²) in [6.45, 7) is 9.95. The number of allylic oxidation sites excluding steroid dienone is 2. The molecule has 1 aromatic rings. The number of aromatic hydroxyl groups is 2. The van der Waals surface area contributed by atoms with Crippen LogP contribution >= 0.6 is 0 Å². The molecule has 0 fully saturated rings. The molecular formula is C18H25NO2. The normalized spacial score (nSPS) is 12.5. The number of hydrogen-bond acceptors (Lipinski definition) is 3. The summed E-state index contributed by atoms with van der Waals surface area (Å²) in [6.07, 6.45) is 6.28. The summed E-state index contributed by atoms with van der Waals surface area (Å²) in [5.74, 6) is 0.0617. The van der Waals surface area contributed by atoms with Gasteiger partial charge in [-0.15, -0.1) is 0 Å². The second-order valence-electron chi connectivity index (χ2n) is 5.10. The molecule has 0 heterocycles. The van der Waals surface area contributed by atoms with Gasteiger partial charge in [0.25, 0.3) is 0 Å². The van der Waals surface area contributed by atoms with Crippen LogP contribution in [-0.4, -0.2) is 15.9 Å². The molecule has 0 saturated carbocycles. The molecule has 0 atom stereocenters. The average Bonchev–Trinajstić information content (AvgIpc) is 2.44. The molecule has 0 amide bonds. The fourth-order valence-corrected chi connectivity index (χ4v) is 2.20. The lowest BCUT2D eigenvalue weighted by atomic mass is 10.0. The number of nitrogens with zero attached hydrogens (tertiary/aromatic N) is 1. The summed E-state index contributed by atoms with van der Waals surface area (Å²) < 4.78 is 0. The van der Waals surface area contributed by atoms with Crippen molar-refractivity contribution in [3.8, 4) is 11.5 Å². The maximum Gasteiger partial charge on any atom is 0.128 e. The predicted molar refractivity (Wildman–Crippen MR) is 89.0 cm³/mol. The molecule has 0 aliphatic rings. The van der Waals surface area contributed by atoms with E-state index in [9.17, 15) is 10.2 Å². The Morgan fingerprint density at radius 3 is 2.38 bits per heavy atom. The predicted octanol–water partition coefficient (Wildman–Crippen LogP) is 4.95. The van der Waals surface area contributed by atoms with E-state index in [2.05, 4.69) is 18.5 Å². The first-order valence-electron chi connectivity index (χ1n) is 7.42. The molecule has 0 saturated heterocycles. The molecule has 1 rings (SSSR count). The van der Waals surface area contributed by atoms with E-state index >= 15 is 0 Å². The standard InChI is InChI=1S/C18H25NO2/c1-5-7-8-10-13(3)15(6-2)19-14(4)18-16(20)11-9-12-17(18)21/h6,9,11-12,20-21H,3,5,7-8,10H2,1-2,4H3/b15-6+,19-14?. The van der Waals surface area contributed by atoms with Crippen LogP contribution in [0.5, 0.6) is 11.5 Å². The van der Waals surface area contributed by atoms with Crippen molar-refractivity contribution in [2.24, 2.45) is 4.99 Å². The summed E-state index contributed by atoms with van der Waals surface area (Å²) in [7, 11) is 0. The van der Waals surface area contributed by atoms with Crippen LogP contribution in [0.15, 0.2) is 47.1 Å². The van der Waals surface area contributed by atoms with Crippen LogP contribution in [0.1, 0.15) is 52.0 Å². The Hall–Kier alpha value is -2.03. The second kappa shape index (κ2) is 8.30. The zero-order valence-electron chi connectivity index (χ0n) is 13.2. The monoisotopic (exact) mass is 287 g/mol. The van der Waals surface area contributed by atoms with E-state index in [0.717, 1.165) is 24.1 Å². The van der Waals surface area contributed by atoms with Crippen molar-refractivity contribution in [1.29, 1.82) is 0 Å². The third-order valence-electron chi connectivity index (χ3n) is 3.39. The van der Waals surface area contributed by atoms with Crippen LogP contribution in [0, 0.1) is 0 Å². The van der Waals surface area contributed by atoms with Gasteiger partial charge in [-0.1, -0.05) is 38.5 Å². The molecule has 0 aliphatic heterocycles. The molecule has 0 unspecified atom stereocenters. The number of aliphatic imine (C=N–C) groups is 1. The minimum atomic E-state index is 0.0308. The first-order chi connectivity index (χ1) is 10.0. The molecule has 0 aliphatic carbocycles. The maximum atomic E-state index is 9.88. The van der Waals surface area contributed by atoms with Gasteiger partial charge in [0.1, 0.15) is 11.5 Å². The molecule has 2 N–H and O–H groups in total. The van der Waals surface area contributed by atoms with Crippen LogP contribution in [0.25, 0.3) is 0 Å². The average molecular weight is 287 g/mol. The van der Waals surface area contributed by atoms with Crippen LogP contribution in [0.3, 0.4) is 0 Å². The van der Waals surface area contributed by atoms with Crippen molar-refractivity contribution < 1.29 is 10.2 Å². The van der Waals surface area contributed by atoms with E-state index in [-0.39, 0.29) is 11.5 Å². The highest BCUT2D eigenvalue weighted by Crippen LogP contribution is 2.28. The molecule has 0 bridgehead atoms. The second-order valence-corrected chi connectivity index (χ2v) is 5.10. The fourth-order valence-electron chi connectivity index (χ4n) is 2.20. The SMILES string of the molecule is C=C(CCCCC)/C(=C\C)N=C(C)c1c(O)cccc1O. The Labute approximate surface area is 127 Å². The van der Waals surface area contributed by atoms with E-state index < -0.39 is 0 Å². The minimum absolute atomic E-state index is 0.0308. The first-order valence-corrected chi connectivity index (χ1v) is 7.42. The molecule has 0 spiro atoms. The summed E-state index contributed by atoms with van der Waals surface area (Å²) >= 11 is 0. The van der Waals surface area contributed by atoms with E-state index in [1.54, 1.807) is 25.1 Å². The van der Waals surface area contributed by atoms with Crippen molar-refractivity contribution >= 4 is 5.71 Å². The zero-order chi connectivity index (χ0) is 15.8. The Bertz CT molecular complexity index is 536. The number of phenolic OH excluding ortho intramolecular Hbond substituents is 2. The Morgan fingerprint density at radius 1 is 1.24 bits per heavy atom. The van der Waals surface area contributed by atoms with Gasteiger partial charge in [-0.05, 0) is 44.4 Å². The molecule has 21 heavy (non-hydrogen) atoms. The quantitative estimate of drug-likeness (QED) is 0.423. The lowest BCUT2D eigenvalue weighted by molar-refractivity contribution is 0.448. The first kappa shape index (κ1) is 17.0. The summed E-state index contributed by atoms with van der Waals surface area (Å²) in [5, 5.41) is 19.8. The topological polar surface area (TPSA) is 52.8 Å². The Balaban J connectivity index is 2.95. The highest BCUT2D eigenvalue weighted by Gasteiger charge is 2.11. The third kappa shape index (κ3) is 4.78. The number of unbranched alkanes of at least 4 members (excludes halogenated alkanes) is 2. The summed E-state index contributed by atoms with van der Waals surface area (Å²) in [5.41, 5.74) is 2.75. The minimum Gasteiger partial charge on any atom is -0.507 e. The van der Waals surface area contributed by atoms with Crippen molar-refractivity contribution in [3.05, 3.63) is 47.7 Å². The van der Waals surface area contributed by atoms with Crippen molar-refractivity contribution in [2.75, 3.05) is 0 Å². The molecule has 0 radical (unpaired) electrons. The van der Waals surface area contributed by atoms with Gasteiger partial charge in [0.2, 0.25) is 0 Å².